The van der Waals surface area contributed by atoms with Crippen LogP contribution in [0.5, 0.6) is 5.75 Å². The first-order chi connectivity index (χ1) is 16.5. The smallest absolute Gasteiger partial charge is 0.242 e. The molecule has 178 valence electrons. The SMILES string of the molecule is CNC(=O)[C@@H](Cc1ccccc1)N(Cc1ccccc1C)C(=O)CSCc1ccc(OC)cc1. The van der Waals surface area contributed by atoms with Crippen LogP contribution in [-0.2, 0) is 28.3 Å². The Morgan fingerprint density at radius 1 is 0.941 bits per heavy atom. The van der Waals surface area contributed by atoms with Gasteiger partial charge in [0, 0.05) is 25.8 Å². The molecule has 3 aromatic rings. The Kier molecular flexibility index (Phi) is 9.59. The van der Waals surface area contributed by atoms with E-state index < -0.39 is 6.04 Å². The Hall–Kier alpha value is -3.25. The number of hydrogen-bond donors (Lipinski definition) is 1. The maximum atomic E-state index is 13.5. The summed E-state index contributed by atoms with van der Waals surface area (Å²) in [5.74, 6) is 1.60. The van der Waals surface area contributed by atoms with Gasteiger partial charge in [-0.3, -0.25) is 9.59 Å². The summed E-state index contributed by atoms with van der Waals surface area (Å²) >= 11 is 1.55. The molecular weight excluding hydrogens is 444 g/mol. The van der Waals surface area contributed by atoms with Gasteiger partial charge in [0.2, 0.25) is 11.8 Å². The van der Waals surface area contributed by atoms with E-state index in [9.17, 15) is 9.59 Å². The van der Waals surface area contributed by atoms with Crippen LogP contribution in [0.2, 0.25) is 0 Å². The van der Waals surface area contributed by atoms with Crippen LogP contribution in [0.4, 0.5) is 0 Å². The summed E-state index contributed by atoms with van der Waals surface area (Å²) in [5.41, 5.74) is 4.28. The number of rotatable bonds is 11. The van der Waals surface area contributed by atoms with E-state index >= 15 is 0 Å². The van der Waals surface area contributed by atoms with E-state index in [-0.39, 0.29) is 11.8 Å². The molecule has 0 saturated heterocycles. The summed E-state index contributed by atoms with van der Waals surface area (Å²) in [6, 6.07) is 25.1. The van der Waals surface area contributed by atoms with Crippen molar-refractivity contribution in [2.75, 3.05) is 19.9 Å². The number of thioether (sulfide) groups is 1. The summed E-state index contributed by atoms with van der Waals surface area (Å²) in [6.07, 6.45) is 0.460. The summed E-state index contributed by atoms with van der Waals surface area (Å²) in [5, 5.41) is 2.76. The second-order valence-electron chi connectivity index (χ2n) is 8.11. The van der Waals surface area contributed by atoms with Gasteiger partial charge in [-0.25, -0.2) is 0 Å². The number of amides is 2. The highest BCUT2D eigenvalue weighted by molar-refractivity contribution is 7.99. The van der Waals surface area contributed by atoms with Gasteiger partial charge < -0.3 is 15.0 Å². The number of carbonyl (C=O) groups excluding carboxylic acids is 2. The minimum absolute atomic E-state index is 0.0497. The molecule has 0 unspecified atom stereocenters. The highest BCUT2D eigenvalue weighted by Gasteiger charge is 2.29. The first kappa shape index (κ1) is 25.4. The van der Waals surface area contributed by atoms with Crippen LogP contribution in [0, 0.1) is 6.92 Å². The fourth-order valence-electron chi connectivity index (χ4n) is 3.75. The second kappa shape index (κ2) is 12.8. The van der Waals surface area contributed by atoms with Crippen LogP contribution < -0.4 is 10.1 Å². The predicted octanol–water partition coefficient (Wildman–Crippen LogP) is 4.62. The number of nitrogens with zero attached hydrogens (tertiary/aromatic N) is 1. The third kappa shape index (κ3) is 7.12. The lowest BCUT2D eigenvalue weighted by Crippen LogP contribution is -2.50. The van der Waals surface area contributed by atoms with Crippen molar-refractivity contribution in [3.05, 3.63) is 101 Å². The van der Waals surface area contributed by atoms with Crippen molar-refractivity contribution >= 4 is 23.6 Å². The molecule has 1 N–H and O–H groups in total. The van der Waals surface area contributed by atoms with E-state index in [1.54, 1.807) is 30.8 Å². The Bertz CT molecular complexity index is 1070. The van der Waals surface area contributed by atoms with Crippen LogP contribution in [0.15, 0.2) is 78.9 Å². The summed E-state index contributed by atoms with van der Waals surface area (Å²) < 4.78 is 5.21. The largest absolute Gasteiger partial charge is 0.497 e. The van der Waals surface area contributed by atoms with Crippen LogP contribution in [-0.4, -0.2) is 42.7 Å². The molecular formula is C28H32N2O3S. The maximum Gasteiger partial charge on any atom is 0.242 e. The number of nitrogens with one attached hydrogen (secondary N) is 1. The lowest BCUT2D eigenvalue weighted by atomic mass is 10.0. The topological polar surface area (TPSA) is 58.6 Å². The van der Waals surface area contributed by atoms with Gasteiger partial charge in [-0.2, -0.15) is 0 Å². The molecule has 0 spiro atoms. The number of hydrogen-bond acceptors (Lipinski definition) is 4. The van der Waals surface area contributed by atoms with Gasteiger partial charge >= 0.3 is 0 Å². The second-order valence-corrected chi connectivity index (χ2v) is 9.09. The quantitative estimate of drug-likeness (QED) is 0.439. The van der Waals surface area contributed by atoms with Crippen molar-refractivity contribution < 1.29 is 14.3 Å². The number of carbonyl (C=O) groups is 2. The van der Waals surface area contributed by atoms with E-state index in [4.69, 9.17) is 4.74 Å². The molecule has 0 aromatic heterocycles. The van der Waals surface area contributed by atoms with Crippen LogP contribution in [0.3, 0.4) is 0 Å². The summed E-state index contributed by atoms with van der Waals surface area (Å²) in [7, 11) is 3.26. The molecule has 0 aliphatic rings. The van der Waals surface area contributed by atoms with Gasteiger partial charge in [0.1, 0.15) is 11.8 Å². The van der Waals surface area contributed by atoms with Gasteiger partial charge in [0.15, 0.2) is 0 Å². The number of aryl methyl sites for hydroxylation is 1. The maximum absolute atomic E-state index is 13.5. The zero-order valence-electron chi connectivity index (χ0n) is 20.0. The molecule has 1 atom stereocenters. The first-order valence-corrected chi connectivity index (χ1v) is 12.5. The minimum Gasteiger partial charge on any atom is -0.497 e. The average Bonchev–Trinajstić information content (AvgIpc) is 2.87. The van der Waals surface area contributed by atoms with Gasteiger partial charge in [0.25, 0.3) is 0 Å². The predicted molar refractivity (Wildman–Crippen MR) is 139 cm³/mol. The van der Waals surface area contributed by atoms with Crippen LogP contribution in [0.1, 0.15) is 22.3 Å². The van der Waals surface area contributed by atoms with Crippen molar-refractivity contribution in [3.8, 4) is 5.75 Å². The molecule has 0 saturated carbocycles. The molecule has 5 nitrogen and oxygen atoms in total. The normalized spacial score (nSPS) is 11.5. The highest BCUT2D eigenvalue weighted by atomic mass is 32.2. The number of likely N-dealkylation sites (N-methyl/N-ethyl adjacent to an activating group) is 1. The highest BCUT2D eigenvalue weighted by Crippen LogP contribution is 2.20. The van der Waals surface area contributed by atoms with Crippen molar-refractivity contribution in [2.24, 2.45) is 0 Å². The van der Waals surface area contributed by atoms with E-state index in [1.807, 2.05) is 85.8 Å². The third-order valence-corrected chi connectivity index (χ3v) is 6.76. The molecule has 0 aliphatic heterocycles. The minimum atomic E-state index is -0.596. The fraction of sp³-hybridized carbons (Fsp3) is 0.286. The lowest BCUT2D eigenvalue weighted by molar-refractivity contribution is -0.139. The van der Waals surface area contributed by atoms with Crippen molar-refractivity contribution in [2.45, 2.75) is 31.7 Å². The summed E-state index contributed by atoms with van der Waals surface area (Å²) in [4.78, 5) is 28.2. The zero-order valence-corrected chi connectivity index (χ0v) is 20.8. The first-order valence-electron chi connectivity index (χ1n) is 11.3. The molecule has 34 heavy (non-hydrogen) atoms. The van der Waals surface area contributed by atoms with Gasteiger partial charge in [-0.15, -0.1) is 11.8 Å². The molecule has 3 aromatic carbocycles. The van der Waals surface area contributed by atoms with Crippen molar-refractivity contribution in [1.29, 1.82) is 0 Å². The molecule has 0 aliphatic carbocycles. The fourth-order valence-corrected chi connectivity index (χ4v) is 4.62. The van der Waals surface area contributed by atoms with Crippen LogP contribution >= 0.6 is 11.8 Å². The average molecular weight is 477 g/mol. The molecule has 3 rings (SSSR count). The molecule has 6 heteroatoms. The van der Waals surface area contributed by atoms with E-state index in [0.717, 1.165) is 28.0 Å². The number of benzene rings is 3. The van der Waals surface area contributed by atoms with E-state index in [0.29, 0.717) is 24.5 Å². The Morgan fingerprint density at radius 2 is 1.62 bits per heavy atom. The Balaban J connectivity index is 1.79. The van der Waals surface area contributed by atoms with Gasteiger partial charge in [-0.1, -0.05) is 66.7 Å². The number of ether oxygens (including phenoxy) is 1. The monoisotopic (exact) mass is 476 g/mol. The summed E-state index contributed by atoms with van der Waals surface area (Å²) in [6.45, 7) is 2.42. The Morgan fingerprint density at radius 3 is 2.26 bits per heavy atom. The Labute approximate surface area is 206 Å². The van der Waals surface area contributed by atoms with Crippen molar-refractivity contribution in [1.82, 2.24) is 10.2 Å². The standard InChI is InChI=1S/C28H32N2O3S/c1-21-9-7-8-12-24(21)18-30(26(28(32)29-2)17-22-10-5-4-6-11-22)27(31)20-34-19-23-13-15-25(33-3)16-14-23/h4-16,26H,17-20H2,1-3H3,(H,29,32)/t26-/m1/s1. The lowest BCUT2D eigenvalue weighted by Gasteiger charge is -2.31. The molecule has 2 amide bonds. The molecule has 0 fully saturated rings. The third-order valence-electron chi connectivity index (χ3n) is 5.77. The van der Waals surface area contributed by atoms with E-state index in [1.165, 1.54) is 0 Å². The van der Waals surface area contributed by atoms with Crippen molar-refractivity contribution in [3.63, 3.8) is 0 Å². The van der Waals surface area contributed by atoms with Gasteiger partial charge in [-0.05, 0) is 41.3 Å². The van der Waals surface area contributed by atoms with Crippen LogP contribution in [0.25, 0.3) is 0 Å². The number of methoxy groups -OCH3 is 1. The van der Waals surface area contributed by atoms with Gasteiger partial charge in [0.05, 0.1) is 12.9 Å². The molecule has 0 heterocycles. The molecule has 0 bridgehead atoms. The van der Waals surface area contributed by atoms with E-state index in [2.05, 4.69) is 5.32 Å². The zero-order chi connectivity index (χ0) is 24.3. The molecule has 0 radical (unpaired) electrons.